The zero-order valence-electron chi connectivity index (χ0n) is 19.7. The van der Waals surface area contributed by atoms with Crippen LogP contribution in [0.2, 0.25) is 18.1 Å². The van der Waals surface area contributed by atoms with Gasteiger partial charge in [0.05, 0.1) is 4.90 Å². The molecule has 32 heavy (non-hydrogen) atoms. The monoisotopic (exact) mass is 493 g/mol. The number of rotatable bonds is 9. The van der Waals surface area contributed by atoms with Crippen LogP contribution in [0.25, 0.3) is 0 Å². The summed E-state index contributed by atoms with van der Waals surface area (Å²) in [6.07, 6.45) is 2.01. The molecule has 0 bridgehead atoms. The molecule has 0 aliphatic heterocycles. The molecule has 0 heterocycles. The Morgan fingerprint density at radius 1 is 1.09 bits per heavy atom. The fraction of sp³-hybridized carbons (Fsp3) is 0.682. The Balaban J connectivity index is 2.42. The highest BCUT2D eigenvalue weighted by atomic mass is 32.2. The summed E-state index contributed by atoms with van der Waals surface area (Å²) in [5.74, 6) is 0. The van der Waals surface area contributed by atoms with Crippen LogP contribution in [0.4, 0.5) is 13.2 Å². The van der Waals surface area contributed by atoms with Crippen LogP contribution < -0.4 is 0 Å². The van der Waals surface area contributed by atoms with Gasteiger partial charge in [0.25, 0.3) is 9.84 Å². The largest absolute Gasteiger partial charge is 0.501 e. The number of alkyl halides is 3. The first kappa shape index (κ1) is 27.0. The maximum atomic E-state index is 13.4. The molecule has 1 aliphatic carbocycles. The van der Waals surface area contributed by atoms with Crippen molar-refractivity contribution in [1.29, 1.82) is 0 Å². The summed E-state index contributed by atoms with van der Waals surface area (Å²) in [6, 6.07) is 2.58. The van der Waals surface area contributed by atoms with Gasteiger partial charge in [-0.05, 0) is 61.0 Å². The summed E-state index contributed by atoms with van der Waals surface area (Å²) in [5.41, 5.74) is -3.35. The standard InChI is InChI=1S/C22H34F3NO4SSi/c1-21(2,3)32(5,6)30-15-12-16-8-11-19(31(27,28)22(23,24)25)20-17(16)9-10-18(20)26-13-7-14-29-4/h8,11H,7,9-10,12-15H2,1-6H3/b26-18-. The van der Waals surface area contributed by atoms with Crippen LogP contribution in [0.5, 0.6) is 0 Å². The number of halogens is 3. The number of methoxy groups -OCH3 is 1. The maximum absolute atomic E-state index is 13.4. The first-order valence-electron chi connectivity index (χ1n) is 10.8. The fourth-order valence-electron chi connectivity index (χ4n) is 3.44. The van der Waals surface area contributed by atoms with E-state index in [0.29, 0.717) is 56.7 Å². The maximum Gasteiger partial charge on any atom is 0.501 e. The molecule has 0 N–H and O–H groups in total. The minimum Gasteiger partial charge on any atom is -0.416 e. The molecule has 0 radical (unpaired) electrons. The number of aliphatic imine (C=N–C) groups is 1. The topological polar surface area (TPSA) is 65.0 Å². The molecule has 0 saturated heterocycles. The minimum absolute atomic E-state index is 0.0433. The first-order chi connectivity index (χ1) is 14.6. The second-order valence-electron chi connectivity index (χ2n) is 9.56. The lowest BCUT2D eigenvalue weighted by Crippen LogP contribution is -2.41. The van der Waals surface area contributed by atoms with Gasteiger partial charge in [0.15, 0.2) is 8.32 Å². The quantitative estimate of drug-likeness (QED) is 0.345. The van der Waals surface area contributed by atoms with Gasteiger partial charge < -0.3 is 9.16 Å². The molecule has 0 aromatic heterocycles. The SMILES string of the molecule is COCCC/N=C1/CCc2c(CCO[Si](C)(C)C(C)(C)C)ccc(S(=O)(=O)C(F)(F)F)c21. The van der Waals surface area contributed by atoms with E-state index in [9.17, 15) is 21.6 Å². The Kier molecular flexibility index (Phi) is 8.40. The number of nitrogens with zero attached hydrogens (tertiary/aromatic N) is 1. The summed E-state index contributed by atoms with van der Waals surface area (Å²) in [4.78, 5) is 3.73. The Labute approximate surface area is 190 Å². The molecule has 0 fully saturated rings. The summed E-state index contributed by atoms with van der Waals surface area (Å²) in [7, 11) is -5.89. The van der Waals surface area contributed by atoms with Gasteiger partial charge in [0, 0.05) is 38.1 Å². The Morgan fingerprint density at radius 3 is 2.31 bits per heavy atom. The summed E-state index contributed by atoms with van der Waals surface area (Å²) < 4.78 is 75.8. The van der Waals surface area contributed by atoms with Crippen molar-refractivity contribution < 1.29 is 30.8 Å². The van der Waals surface area contributed by atoms with E-state index in [4.69, 9.17) is 9.16 Å². The van der Waals surface area contributed by atoms with Gasteiger partial charge in [-0.2, -0.15) is 13.2 Å². The van der Waals surface area contributed by atoms with E-state index in [1.807, 2.05) is 0 Å². The number of sulfone groups is 1. The van der Waals surface area contributed by atoms with Gasteiger partial charge in [-0.3, -0.25) is 4.99 Å². The predicted molar refractivity (Wildman–Crippen MR) is 123 cm³/mol. The van der Waals surface area contributed by atoms with E-state index >= 15 is 0 Å². The molecule has 10 heteroatoms. The van der Waals surface area contributed by atoms with E-state index in [2.05, 4.69) is 38.9 Å². The third kappa shape index (κ3) is 5.81. The lowest BCUT2D eigenvalue weighted by atomic mass is 10.0. The molecule has 0 amide bonds. The van der Waals surface area contributed by atoms with E-state index in [0.717, 1.165) is 11.6 Å². The molecule has 0 saturated carbocycles. The van der Waals surface area contributed by atoms with Gasteiger partial charge >= 0.3 is 5.51 Å². The Bertz CT molecular complexity index is 951. The Morgan fingerprint density at radius 2 is 1.75 bits per heavy atom. The third-order valence-electron chi connectivity index (χ3n) is 6.32. The van der Waals surface area contributed by atoms with Crippen molar-refractivity contribution in [2.75, 3.05) is 26.9 Å². The van der Waals surface area contributed by atoms with E-state index in [1.165, 1.54) is 6.07 Å². The second-order valence-corrected chi connectivity index (χ2v) is 16.3. The van der Waals surface area contributed by atoms with Gasteiger partial charge in [-0.25, -0.2) is 8.42 Å². The number of ether oxygens (including phenoxy) is 1. The van der Waals surface area contributed by atoms with E-state index < -0.39 is 28.6 Å². The molecule has 2 rings (SSSR count). The summed E-state index contributed by atoms with van der Waals surface area (Å²) in [5, 5.41) is 0.0433. The molecule has 0 unspecified atom stereocenters. The van der Waals surface area contributed by atoms with Crippen LogP contribution in [0.15, 0.2) is 22.0 Å². The lowest BCUT2D eigenvalue weighted by Gasteiger charge is -2.36. The van der Waals surface area contributed by atoms with E-state index in [-0.39, 0.29) is 10.6 Å². The van der Waals surface area contributed by atoms with Crippen LogP contribution in [0.1, 0.15) is 50.3 Å². The third-order valence-corrected chi connectivity index (χ3v) is 12.4. The molecule has 1 aromatic carbocycles. The fourth-order valence-corrected chi connectivity index (χ4v) is 5.49. The summed E-state index contributed by atoms with van der Waals surface area (Å²) in [6.45, 7) is 12.0. The molecule has 1 aliphatic rings. The predicted octanol–water partition coefficient (Wildman–Crippen LogP) is 5.32. The average molecular weight is 494 g/mol. The Hall–Kier alpha value is -1.23. The lowest BCUT2D eigenvalue weighted by molar-refractivity contribution is -0.0436. The van der Waals surface area contributed by atoms with Crippen molar-refractivity contribution in [3.63, 3.8) is 0 Å². The van der Waals surface area contributed by atoms with Gasteiger partial charge in [0.2, 0.25) is 0 Å². The average Bonchev–Trinajstić information content (AvgIpc) is 3.07. The van der Waals surface area contributed by atoms with Crippen LogP contribution in [0.3, 0.4) is 0 Å². The molecule has 5 nitrogen and oxygen atoms in total. The number of hydrogen-bond acceptors (Lipinski definition) is 5. The zero-order chi connectivity index (χ0) is 24.4. The molecule has 182 valence electrons. The van der Waals surface area contributed by atoms with Crippen molar-refractivity contribution in [2.45, 2.75) is 75.0 Å². The molecule has 0 spiro atoms. The number of fused-ring (bicyclic) bond motifs is 1. The molecular formula is C22H34F3NO4SSi. The highest BCUT2D eigenvalue weighted by molar-refractivity contribution is 7.92. The van der Waals surface area contributed by atoms with E-state index in [1.54, 1.807) is 7.11 Å². The van der Waals surface area contributed by atoms with Gasteiger partial charge in [0.1, 0.15) is 0 Å². The summed E-state index contributed by atoms with van der Waals surface area (Å²) >= 11 is 0. The second kappa shape index (κ2) is 9.95. The minimum atomic E-state index is -5.48. The van der Waals surface area contributed by atoms with Gasteiger partial charge in [-0.15, -0.1) is 0 Å². The van der Waals surface area contributed by atoms with Crippen molar-refractivity contribution in [3.8, 4) is 0 Å². The van der Waals surface area contributed by atoms with Crippen LogP contribution in [0, 0.1) is 0 Å². The van der Waals surface area contributed by atoms with Gasteiger partial charge in [-0.1, -0.05) is 26.8 Å². The molecule has 1 aromatic rings. The highest BCUT2D eigenvalue weighted by Crippen LogP contribution is 2.39. The zero-order valence-corrected chi connectivity index (χ0v) is 21.5. The van der Waals surface area contributed by atoms with Crippen molar-refractivity contribution in [2.24, 2.45) is 4.99 Å². The van der Waals surface area contributed by atoms with Crippen LogP contribution in [-0.4, -0.2) is 54.8 Å². The number of benzene rings is 1. The number of hydrogen-bond donors (Lipinski definition) is 0. The smallest absolute Gasteiger partial charge is 0.416 e. The van der Waals surface area contributed by atoms with Crippen molar-refractivity contribution >= 4 is 23.9 Å². The molecule has 0 atom stereocenters. The van der Waals surface area contributed by atoms with Crippen molar-refractivity contribution in [1.82, 2.24) is 0 Å². The molecular weight excluding hydrogens is 459 g/mol. The van der Waals surface area contributed by atoms with Crippen LogP contribution >= 0.6 is 0 Å². The van der Waals surface area contributed by atoms with Crippen LogP contribution in [-0.2, 0) is 31.8 Å². The highest BCUT2D eigenvalue weighted by Gasteiger charge is 2.49. The van der Waals surface area contributed by atoms with Crippen molar-refractivity contribution in [3.05, 3.63) is 28.8 Å². The first-order valence-corrected chi connectivity index (χ1v) is 15.2. The normalized spacial score (nSPS) is 16.6.